The lowest BCUT2D eigenvalue weighted by Gasteiger charge is -2.13. The molecule has 4 aromatic rings. The summed E-state index contributed by atoms with van der Waals surface area (Å²) in [6, 6.07) is 20.7. The van der Waals surface area contributed by atoms with E-state index in [9.17, 15) is 14.4 Å². The Morgan fingerprint density at radius 3 is 2.41 bits per heavy atom. The lowest BCUT2D eigenvalue weighted by atomic mass is 10.2. The van der Waals surface area contributed by atoms with Crippen LogP contribution in [0.5, 0.6) is 11.5 Å². The molecule has 3 amide bonds. The molecule has 0 radical (unpaired) electrons. The zero-order valence-corrected chi connectivity index (χ0v) is 19.1. The lowest BCUT2D eigenvalue weighted by Crippen LogP contribution is -2.36. The first-order chi connectivity index (χ1) is 16.5. The molecule has 9 nitrogen and oxygen atoms in total. The van der Waals surface area contributed by atoms with Gasteiger partial charge in [-0.2, -0.15) is 0 Å². The van der Waals surface area contributed by atoms with E-state index in [0.29, 0.717) is 33.8 Å². The molecule has 0 fully saturated rings. The number of benzene rings is 3. The summed E-state index contributed by atoms with van der Waals surface area (Å²) in [5.41, 5.74) is 4.19. The van der Waals surface area contributed by atoms with E-state index in [-0.39, 0.29) is 12.5 Å². The van der Waals surface area contributed by atoms with Crippen LogP contribution in [0.25, 0.3) is 10.9 Å². The minimum Gasteiger partial charge on any atom is -0.454 e. The van der Waals surface area contributed by atoms with E-state index in [1.54, 1.807) is 60.7 Å². The van der Waals surface area contributed by atoms with Crippen LogP contribution in [-0.4, -0.2) is 29.2 Å². The van der Waals surface area contributed by atoms with Crippen LogP contribution >= 0.6 is 15.9 Å². The van der Waals surface area contributed by atoms with Gasteiger partial charge >= 0.3 is 11.8 Å². The van der Waals surface area contributed by atoms with Crippen LogP contribution in [0.1, 0.15) is 10.5 Å². The number of carbonyl (C=O) groups excluding carboxylic acids is 3. The average Bonchev–Trinajstić information content (AvgIpc) is 3.43. The highest BCUT2D eigenvalue weighted by Gasteiger charge is 2.22. The smallest absolute Gasteiger partial charge is 0.328 e. The Labute approximate surface area is 201 Å². The van der Waals surface area contributed by atoms with Crippen molar-refractivity contribution < 1.29 is 23.9 Å². The van der Waals surface area contributed by atoms with E-state index in [0.717, 1.165) is 4.47 Å². The van der Waals surface area contributed by atoms with E-state index < -0.39 is 17.7 Å². The van der Waals surface area contributed by atoms with Crippen LogP contribution in [-0.2, 0) is 9.59 Å². The van der Waals surface area contributed by atoms with Crippen molar-refractivity contribution in [3.8, 4) is 11.5 Å². The number of anilines is 2. The Balaban J connectivity index is 1.40. The van der Waals surface area contributed by atoms with Gasteiger partial charge < -0.3 is 20.1 Å². The Morgan fingerprint density at radius 2 is 1.59 bits per heavy atom. The summed E-state index contributed by atoms with van der Waals surface area (Å²) < 4.78 is 12.6. The Morgan fingerprint density at radius 1 is 0.794 bits per heavy atom. The van der Waals surface area contributed by atoms with Gasteiger partial charge in [-0.1, -0.05) is 34.1 Å². The Hall–Kier alpha value is -4.31. The monoisotopic (exact) mass is 520 g/mol. The van der Waals surface area contributed by atoms with E-state index in [1.807, 2.05) is 12.1 Å². The maximum absolute atomic E-state index is 13.0. The molecule has 0 bridgehead atoms. The van der Waals surface area contributed by atoms with Crippen LogP contribution in [0.15, 0.2) is 77.3 Å². The molecule has 5 rings (SSSR count). The highest BCUT2D eigenvalue weighted by Crippen LogP contribution is 2.34. The number of ether oxygens (including phenoxy) is 2. The summed E-state index contributed by atoms with van der Waals surface area (Å²) >= 11 is 3.41. The van der Waals surface area contributed by atoms with Gasteiger partial charge in [0.05, 0.1) is 5.52 Å². The van der Waals surface area contributed by atoms with Gasteiger partial charge in [-0.05, 0) is 48.5 Å². The number of rotatable bonds is 4. The van der Waals surface area contributed by atoms with Crippen molar-refractivity contribution in [3.05, 3.63) is 83.0 Å². The first-order valence-electron chi connectivity index (χ1n) is 10.2. The number of carbonyl (C=O) groups is 3. The average molecular weight is 521 g/mol. The zero-order valence-electron chi connectivity index (χ0n) is 17.5. The van der Waals surface area contributed by atoms with Crippen molar-refractivity contribution in [3.63, 3.8) is 0 Å². The normalized spacial score (nSPS) is 11.8. The summed E-state index contributed by atoms with van der Waals surface area (Å²) in [7, 11) is 0. The van der Waals surface area contributed by atoms with Crippen molar-refractivity contribution >= 4 is 55.9 Å². The molecular weight excluding hydrogens is 504 g/mol. The second kappa shape index (κ2) is 8.91. The molecule has 0 saturated carbocycles. The second-order valence-electron chi connectivity index (χ2n) is 7.35. The molecule has 3 aromatic carbocycles. The van der Waals surface area contributed by atoms with Gasteiger partial charge in [-0.3, -0.25) is 19.8 Å². The molecule has 0 unspecified atom stereocenters. The maximum atomic E-state index is 13.0. The molecule has 0 atom stereocenters. The molecule has 34 heavy (non-hydrogen) atoms. The largest absolute Gasteiger partial charge is 0.454 e. The zero-order chi connectivity index (χ0) is 23.7. The van der Waals surface area contributed by atoms with Crippen molar-refractivity contribution in [1.29, 1.82) is 0 Å². The van der Waals surface area contributed by atoms with E-state index in [2.05, 4.69) is 32.0 Å². The lowest BCUT2D eigenvalue weighted by molar-refractivity contribution is -0.133. The molecule has 0 spiro atoms. The van der Waals surface area contributed by atoms with Gasteiger partial charge in [0, 0.05) is 27.3 Å². The Bertz CT molecular complexity index is 1430. The highest BCUT2D eigenvalue weighted by atomic mass is 79.9. The fraction of sp³-hybridized carbons (Fsp3) is 0.0417. The van der Waals surface area contributed by atoms with Gasteiger partial charge in [0.15, 0.2) is 11.5 Å². The van der Waals surface area contributed by atoms with Crippen LogP contribution in [0.3, 0.4) is 0 Å². The van der Waals surface area contributed by atoms with E-state index >= 15 is 0 Å². The number of para-hydroxylation sites is 1. The molecule has 1 aliphatic rings. The van der Waals surface area contributed by atoms with E-state index in [4.69, 9.17) is 9.47 Å². The third kappa shape index (κ3) is 4.30. The molecule has 2 heterocycles. The van der Waals surface area contributed by atoms with Gasteiger partial charge in [0.1, 0.15) is 5.69 Å². The fourth-order valence-corrected chi connectivity index (χ4v) is 3.88. The van der Waals surface area contributed by atoms with Gasteiger partial charge in [-0.25, -0.2) is 4.68 Å². The summed E-state index contributed by atoms with van der Waals surface area (Å²) in [5, 5.41) is 6.01. The topological polar surface area (TPSA) is 111 Å². The quantitative estimate of drug-likeness (QED) is 0.351. The number of hydrogen-bond donors (Lipinski definition) is 3. The molecule has 0 aliphatic carbocycles. The highest BCUT2D eigenvalue weighted by molar-refractivity contribution is 9.10. The molecule has 0 saturated heterocycles. The minimum atomic E-state index is -0.952. The summed E-state index contributed by atoms with van der Waals surface area (Å²) in [6.07, 6.45) is 0. The van der Waals surface area contributed by atoms with E-state index in [1.165, 1.54) is 4.68 Å². The number of nitrogens with zero attached hydrogens (tertiary/aromatic N) is 1. The van der Waals surface area contributed by atoms with Gasteiger partial charge in [0.2, 0.25) is 6.79 Å². The third-order valence-electron chi connectivity index (χ3n) is 5.08. The van der Waals surface area contributed by atoms with Crippen molar-refractivity contribution in [1.82, 2.24) is 4.68 Å². The summed E-state index contributed by atoms with van der Waals surface area (Å²) in [5.74, 6) is -1.28. The van der Waals surface area contributed by atoms with Crippen molar-refractivity contribution in [2.24, 2.45) is 0 Å². The molecule has 170 valence electrons. The minimum absolute atomic E-state index is 0.0951. The molecule has 3 N–H and O–H groups in total. The molecular formula is C24H17BrN4O5. The number of halogens is 1. The molecule has 1 aliphatic heterocycles. The first-order valence-corrected chi connectivity index (χ1v) is 11.0. The van der Waals surface area contributed by atoms with Crippen LogP contribution < -0.4 is 25.5 Å². The maximum Gasteiger partial charge on any atom is 0.328 e. The number of nitrogens with one attached hydrogen (secondary N) is 3. The number of amides is 3. The predicted molar refractivity (Wildman–Crippen MR) is 130 cm³/mol. The first kappa shape index (κ1) is 21.5. The second-order valence-corrected chi connectivity index (χ2v) is 8.27. The van der Waals surface area contributed by atoms with Crippen LogP contribution in [0, 0.1) is 0 Å². The Kier molecular flexibility index (Phi) is 5.64. The standard InChI is InChI=1S/C24H17BrN4O5/c25-15-6-8-18-14(10-15)11-19(22(30)26-16-4-2-1-3-5-16)29(18)28-24(32)23(31)27-17-7-9-20-21(12-17)34-13-33-20/h1-12H,13H2,(H,26,30)(H,27,31)(H,28,32). The van der Waals surface area contributed by atoms with Crippen molar-refractivity contribution in [2.45, 2.75) is 0 Å². The van der Waals surface area contributed by atoms with Crippen LogP contribution in [0.4, 0.5) is 11.4 Å². The summed E-state index contributed by atoms with van der Waals surface area (Å²) in [6.45, 7) is 0.0951. The number of fused-ring (bicyclic) bond motifs is 2. The predicted octanol–water partition coefficient (Wildman–Crippen LogP) is 4.09. The molecule has 1 aromatic heterocycles. The molecule has 10 heteroatoms. The summed E-state index contributed by atoms with van der Waals surface area (Å²) in [4.78, 5) is 38.4. The van der Waals surface area contributed by atoms with Gasteiger partial charge in [-0.15, -0.1) is 0 Å². The SMILES string of the molecule is O=C(Nc1ccc2c(c1)OCO2)C(=O)Nn1c(C(=O)Nc2ccccc2)cc2cc(Br)ccc21. The fourth-order valence-electron chi connectivity index (χ4n) is 3.50. The van der Waals surface area contributed by atoms with Crippen molar-refractivity contribution in [2.75, 3.05) is 22.9 Å². The van der Waals surface area contributed by atoms with Gasteiger partial charge in [0.25, 0.3) is 5.91 Å². The number of aromatic nitrogens is 1. The number of hydrogen-bond acceptors (Lipinski definition) is 5. The van der Waals surface area contributed by atoms with Crippen LogP contribution in [0.2, 0.25) is 0 Å². The third-order valence-corrected chi connectivity index (χ3v) is 5.57.